The number of carbonyl (C=O) groups is 1. The Hall–Kier alpha value is -2.21. The fourth-order valence-electron chi connectivity index (χ4n) is 2.69. The number of hydrogen-bond acceptors (Lipinski definition) is 4. The van der Waals surface area contributed by atoms with Gasteiger partial charge < -0.3 is 9.80 Å². The van der Waals surface area contributed by atoms with Gasteiger partial charge in [-0.15, -0.1) is 0 Å². The summed E-state index contributed by atoms with van der Waals surface area (Å²) in [5.41, 5.74) is 0.671. The van der Waals surface area contributed by atoms with E-state index in [1.54, 1.807) is 29.4 Å². The highest BCUT2D eigenvalue weighted by atomic mass is 16.2. The molecule has 6 heteroatoms. The Balaban J connectivity index is 1.83. The molecule has 1 aliphatic rings. The molecule has 1 aliphatic heterocycles. The molecular formula is C15H19N5O. The van der Waals surface area contributed by atoms with Crippen LogP contribution in [0.1, 0.15) is 17.3 Å². The average molecular weight is 285 g/mol. The van der Waals surface area contributed by atoms with Crippen LogP contribution in [-0.2, 0) is 0 Å². The number of likely N-dealkylation sites (N-methyl/N-ethyl adjacent to an activating group) is 1. The number of pyridine rings is 1. The van der Waals surface area contributed by atoms with Crippen molar-refractivity contribution in [1.29, 1.82) is 0 Å². The summed E-state index contributed by atoms with van der Waals surface area (Å²) in [6, 6.07) is 3.81. The zero-order valence-electron chi connectivity index (χ0n) is 12.3. The lowest BCUT2D eigenvalue weighted by Gasteiger charge is -2.38. The van der Waals surface area contributed by atoms with Gasteiger partial charge in [0.25, 0.3) is 5.91 Å². The van der Waals surface area contributed by atoms with E-state index in [4.69, 9.17) is 0 Å². The van der Waals surface area contributed by atoms with Gasteiger partial charge in [-0.05, 0) is 26.1 Å². The summed E-state index contributed by atoms with van der Waals surface area (Å²) in [7, 11) is 2.09. The van der Waals surface area contributed by atoms with Gasteiger partial charge in [-0.25, -0.2) is 9.97 Å². The van der Waals surface area contributed by atoms with Crippen molar-refractivity contribution in [2.45, 2.75) is 13.0 Å². The van der Waals surface area contributed by atoms with E-state index in [1.807, 2.05) is 17.2 Å². The molecule has 0 unspecified atom stereocenters. The van der Waals surface area contributed by atoms with E-state index in [0.717, 1.165) is 19.6 Å². The first-order chi connectivity index (χ1) is 10.1. The van der Waals surface area contributed by atoms with Crippen LogP contribution in [0.25, 0.3) is 5.82 Å². The van der Waals surface area contributed by atoms with Crippen LogP contribution >= 0.6 is 0 Å². The maximum Gasteiger partial charge on any atom is 0.254 e. The Bertz CT molecular complexity index is 625. The molecule has 110 valence electrons. The molecule has 0 spiro atoms. The minimum Gasteiger partial charge on any atom is -0.333 e. The van der Waals surface area contributed by atoms with E-state index in [9.17, 15) is 4.79 Å². The molecule has 0 N–H and O–H groups in total. The second kappa shape index (κ2) is 5.65. The lowest BCUT2D eigenvalue weighted by atomic mass is 10.1. The summed E-state index contributed by atoms with van der Waals surface area (Å²) in [6.45, 7) is 4.67. The zero-order chi connectivity index (χ0) is 14.8. The van der Waals surface area contributed by atoms with Gasteiger partial charge in [-0.3, -0.25) is 9.36 Å². The molecule has 21 heavy (non-hydrogen) atoms. The van der Waals surface area contributed by atoms with E-state index >= 15 is 0 Å². The van der Waals surface area contributed by atoms with Gasteiger partial charge in [0.05, 0.1) is 0 Å². The van der Waals surface area contributed by atoms with Gasteiger partial charge in [-0.2, -0.15) is 0 Å². The summed E-state index contributed by atoms with van der Waals surface area (Å²) < 4.78 is 1.80. The minimum atomic E-state index is 0.0689. The molecule has 0 bridgehead atoms. The van der Waals surface area contributed by atoms with Crippen LogP contribution < -0.4 is 0 Å². The molecule has 1 atom stereocenters. The number of amides is 1. The number of carbonyl (C=O) groups excluding carboxylic acids is 1. The maximum absolute atomic E-state index is 12.7. The molecule has 1 amide bonds. The minimum absolute atomic E-state index is 0.0689. The number of nitrogens with zero attached hydrogens (tertiary/aromatic N) is 5. The van der Waals surface area contributed by atoms with Crippen molar-refractivity contribution in [2.75, 3.05) is 26.7 Å². The van der Waals surface area contributed by atoms with Gasteiger partial charge in [-0.1, -0.05) is 0 Å². The monoisotopic (exact) mass is 285 g/mol. The highest BCUT2D eigenvalue weighted by Gasteiger charge is 2.26. The van der Waals surface area contributed by atoms with Crippen molar-refractivity contribution in [3.63, 3.8) is 0 Å². The molecule has 2 aromatic heterocycles. The Kier molecular flexibility index (Phi) is 3.70. The SMILES string of the molecule is C[C@H]1CN(C)CCN1C(=O)c1ccnc(-n2ccnc2)c1. The van der Waals surface area contributed by atoms with Crippen LogP contribution in [0.4, 0.5) is 0 Å². The van der Waals surface area contributed by atoms with E-state index in [-0.39, 0.29) is 11.9 Å². The molecular weight excluding hydrogens is 266 g/mol. The second-order valence-electron chi connectivity index (χ2n) is 5.48. The standard InChI is InChI=1S/C15H19N5O/c1-12-10-18(2)7-8-20(12)15(21)13-3-4-17-14(9-13)19-6-5-16-11-19/h3-6,9,11-12H,7-8,10H2,1-2H3/t12-/m0/s1. The molecule has 1 fully saturated rings. The van der Waals surface area contributed by atoms with Gasteiger partial charge in [0.2, 0.25) is 0 Å². The van der Waals surface area contributed by atoms with Crippen molar-refractivity contribution in [3.05, 3.63) is 42.6 Å². The molecule has 6 nitrogen and oxygen atoms in total. The third-order valence-corrected chi connectivity index (χ3v) is 3.85. The molecule has 0 aliphatic carbocycles. The van der Waals surface area contributed by atoms with Crippen LogP contribution in [-0.4, -0.2) is 63.0 Å². The topological polar surface area (TPSA) is 54.3 Å². The lowest BCUT2D eigenvalue weighted by Crippen LogP contribution is -2.52. The summed E-state index contributed by atoms with van der Waals surface area (Å²) >= 11 is 0. The Morgan fingerprint density at radius 3 is 2.90 bits per heavy atom. The van der Waals surface area contributed by atoms with Gasteiger partial charge in [0.15, 0.2) is 0 Å². The summed E-state index contributed by atoms with van der Waals surface area (Å²) in [5, 5.41) is 0. The van der Waals surface area contributed by atoms with Gasteiger partial charge >= 0.3 is 0 Å². The lowest BCUT2D eigenvalue weighted by molar-refractivity contribution is 0.0533. The van der Waals surface area contributed by atoms with Crippen molar-refractivity contribution in [1.82, 2.24) is 24.3 Å². The van der Waals surface area contributed by atoms with Crippen LogP contribution in [0.15, 0.2) is 37.1 Å². The van der Waals surface area contributed by atoms with Crippen molar-refractivity contribution < 1.29 is 4.79 Å². The fourth-order valence-corrected chi connectivity index (χ4v) is 2.69. The molecule has 0 radical (unpaired) electrons. The molecule has 3 heterocycles. The van der Waals surface area contributed by atoms with Crippen LogP contribution in [0.2, 0.25) is 0 Å². The average Bonchev–Trinajstić information content (AvgIpc) is 3.01. The normalized spacial score (nSPS) is 19.7. The first-order valence-electron chi connectivity index (χ1n) is 7.09. The van der Waals surface area contributed by atoms with Crippen LogP contribution in [0.5, 0.6) is 0 Å². The highest BCUT2D eigenvalue weighted by Crippen LogP contribution is 2.14. The van der Waals surface area contributed by atoms with Crippen molar-refractivity contribution in [2.24, 2.45) is 0 Å². The smallest absolute Gasteiger partial charge is 0.254 e. The predicted octanol–water partition coefficient (Wildman–Crippen LogP) is 1.04. The summed E-state index contributed by atoms with van der Waals surface area (Å²) in [5.74, 6) is 0.777. The Morgan fingerprint density at radius 2 is 2.19 bits per heavy atom. The second-order valence-corrected chi connectivity index (χ2v) is 5.48. The number of imidazole rings is 1. The molecule has 2 aromatic rings. The molecule has 0 saturated carbocycles. The number of hydrogen-bond donors (Lipinski definition) is 0. The fraction of sp³-hybridized carbons (Fsp3) is 0.400. The summed E-state index contributed by atoms with van der Waals surface area (Å²) in [6.07, 6.45) is 6.85. The zero-order valence-corrected chi connectivity index (χ0v) is 12.3. The van der Waals surface area contributed by atoms with Crippen molar-refractivity contribution in [3.8, 4) is 5.82 Å². The molecule has 0 aromatic carbocycles. The quantitative estimate of drug-likeness (QED) is 0.827. The van der Waals surface area contributed by atoms with Crippen LogP contribution in [0.3, 0.4) is 0 Å². The number of piperazine rings is 1. The van der Waals surface area contributed by atoms with E-state index < -0.39 is 0 Å². The molecule has 3 rings (SSSR count). The number of aromatic nitrogens is 3. The third kappa shape index (κ3) is 2.80. The Labute approximate surface area is 124 Å². The van der Waals surface area contributed by atoms with Gasteiger partial charge in [0, 0.05) is 49.8 Å². The van der Waals surface area contributed by atoms with Gasteiger partial charge in [0.1, 0.15) is 12.1 Å². The van der Waals surface area contributed by atoms with E-state index in [2.05, 4.69) is 28.8 Å². The van der Waals surface area contributed by atoms with Crippen LogP contribution in [0, 0.1) is 0 Å². The maximum atomic E-state index is 12.7. The third-order valence-electron chi connectivity index (χ3n) is 3.85. The first-order valence-corrected chi connectivity index (χ1v) is 7.09. The highest BCUT2D eigenvalue weighted by molar-refractivity contribution is 5.94. The van der Waals surface area contributed by atoms with E-state index in [0.29, 0.717) is 11.4 Å². The predicted molar refractivity (Wildman–Crippen MR) is 79.4 cm³/mol. The molecule has 1 saturated heterocycles. The van der Waals surface area contributed by atoms with Crippen molar-refractivity contribution >= 4 is 5.91 Å². The summed E-state index contributed by atoms with van der Waals surface area (Å²) in [4.78, 5) is 25.2. The largest absolute Gasteiger partial charge is 0.333 e. The first kappa shape index (κ1) is 13.8. The van der Waals surface area contributed by atoms with E-state index in [1.165, 1.54) is 0 Å². The Morgan fingerprint density at radius 1 is 1.33 bits per heavy atom. The number of rotatable bonds is 2.